The third-order valence-corrected chi connectivity index (χ3v) is 5.57. The molecular formula is C22H27N7O3. The van der Waals surface area contributed by atoms with Gasteiger partial charge in [-0.05, 0) is 37.0 Å². The molecule has 0 bridgehead atoms. The molecule has 4 rings (SSSR count). The van der Waals surface area contributed by atoms with Gasteiger partial charge in [-0.15, -0.1) is 0 Å². The Labute approximate surface area is 186 Å². The highest BCUT2D eigenvalue weighted by Gasteiger charge is 2.26. The van der Waals surface area contributed by atoms with Gasteiger partial charge in [0.25, 0.3) is 0 Å². The third-order valence-electron chi connectivity index (χ3n) is 5.57. The molecule has 32 heavy (non-hydrogen) atoms. The van der Waals surface area contributed by atoms with Crippen LogP contribution >= 0.6 is 0 Å². The van der Waals surface area contributed by atoms with Crippen molar-refractivity contribution in [3.8, 4) is 17.3 Å². The van der Waals surface area contributed by atoms with Gasteiger partial charge in [0, 0.05) is 25.7 Å². The van der Waals surface area contributed by atoms with Crippen LogP contribution in [0.2, 0.25) is 0 Å². The largest absolute Gasteiger partial charge is 0.493 e. The van der Waals surface area contributed by atoms with E-state index in [1.54, 1.807) is 25.2 Å². The van der Waals surface area contributed by atoms with E-state index in [1.165, 1.54) is 12.7 Å². The summed E-state index contributed by atoms with van der Waals surface area (Å²) in [6.45, 7) is 2.04. The lowest BCUT2D eigenvalue weighted by Gasteiger charge is -2.32. The highest BCUT2D eigenvalue weighted by atomic mass is 16.5. The van der Waals surface area contributed by atoms with E-state index in [2.05, 4.69) is 30.3 Å². The molecule has 1 N–H and O–H groups in total. The van der Waals surface area contributed by atoms with Crippen LogP contribution in [0.25, 0.3) is 5.82 Å². The number of nitrogens with one attached hydrogen (secondary N) is 1. The van der Waals surface area contributed by atoms with Crippen LogP contribution in [0, 0.1) is 5.92 Å². The number of carbonyl (C=O) groups excluding carboxylic acids is 1. The van der Waals surface area contributed by atoms with Gasteiger partial charge in [-0.1, -0.05) is 6.07 Å². The predicted molar refractivity (Wildman–Crippen MR) is 118 cm³/mol. The van der Waals surface area contributed by atoms with E-state index in [0.29, 0.717) is 30.4 Å². The molecule has 1 aliphatic rings. The lowest BCUT2D eigenvalue weighted by molar-refractivity contribution is -0.125. The average molecular weight is 438 g/mol. The first-order chi connectivity index (χ1) is 15.7. The van der Waals surface area contributed by atoms with Crippen molar-refractivity contribution < 1.29 is 14.3 Å². The Kier molecular flexibility index (Phi) is 6.78. The molecule has 1 atom stereocenters. The first-order valence-electron chi connectivity index (χ1n) is 10.6. The molecule has 1 unspecified atom stereocenters. The van der Waals surface area contributed by atoms with E-state index in [-0.39, 0.29) is 11.8 Å². The van der Waals surface area contributed by atoms with Crippen LogP contribution in [-0.4, -0.2) is 64.5 Å². The SMILES string of the molecule is COc1ccc(CCNC(=O)C2CCCN(c3cc(-n4cncn4)ncn3)C2)cc1OC. The van der Waals surface area contributed by atoms with Gasteiger partial charge in [0.05, 0.1) is 20.1 Å². The van der Waals surface area contributed by atoms with Crippen LogP contribution < -0.4 is 19.7 Å². The van der Waals surface area contributed by atoms with Crippen molar-refractivity contribution in [3.63, 3.8) is 0 Å². The fraction of sp³-hybridized carbons (Fsp3) is 0.409. The van der Waals surface area contributed by atoms with Gasteiger partial charge < -0.3 is 19.7 Å². The second-order valence-corrected chi connectivity index (χ2v) is 7.59. The van der Waals surface area contributed by atoms with Crippen LogP contribution in [0.15, 0.2) is 43.2 Å². The number of ether oxygens (including phenoxy) is 2. The Morgan fingerprint density at radius 1 is 1.12 bits per heavy atom. The second kappa shape index (κ2) is 10.1. The average Bonchev–Trinajstić information content (AvgIpc) is 3.39. The summed E-state index contributed by atoms with van der Waals surface area (Å²) in [5.74, 6) is 2.80. The molecule has 2 aromatic heterocycles. The molecule has 1 aliphatic heterocycles. The minimum atomic E-state index is -0.0843. The molecule has 1 saturated heterocycles. The molecule has 168 valence electrons. The number of rotatable bonds is 8. The maximum Gasteiger partial charge on any atom is 0.224 e. The Bertz CT molecular complexity index is 1040. The maximum atomic E-state index is 12.8. The summed E-state index contributed by atoms with van der Waals surface area (Å²) >= 11 is 0. The first-order valence-corrected chi connectivity index (χ1v) is 10.6. The van der Waals surface area contributed by atoms with Gasteiger partial charge in [-0.3, -0.25) is 4.79 Å². The van der Waals surface area contributed by atoms with Gasteiger partial charge >= 0.3 is 0 Å². The molecule has 0 aliphatic carbocycles. The molecule has 10 heteroatoms. The standard InChI is InChI=1S/C22H27N7O3/c1-31-18-6-5-16(10-19(18)32-2)7-8-24-22(30)17-4-3-9-28(12-17)20-11-21(26-14-25-20)29-15-23-13-27-29/h5-6,10-11,13-15,17H,3-4,7-9,12H2,1-2H3,(H,24,30). The summed E-state index contributed by atoms with van der Waals surface area (Å²) < 4.78 is 12.2. The Morgan fingerprint density at radius 3 is 2.75 bits per heavy atom. The van der Waals surface area contributed by atoms with Gasteiger partial charge in [0.1, 0.15) is 24.8 Å². The van der Waals surface area contributed by atoms with Crippen molar-refractivity contribution in [2.24, 2.45) is 5.92 Å². The molecule has 0 saturated carbocycles. The van der Waals surface area contributed by atoms with Crippen LogP contribution in [0.5, 0.6) is 11.5 Å². The fourth-order valence-corrected chi connectivity index (χ4v) is 3.87. The van der Waals surface area contributed by atoms with Gasteiger partial charge in [-0.25, -0.2) is 19.6 Å². The number of carbonyl (C=O) groups is 1. The van der Waals surface area contributed by atoms with Crippen molar-refractivity contribution in [2.75, 3.05) is 38.8 Å². The summed E-state index contributed by atoms with van der Waals surface area (Å²) in [7, 11) is 3.23. The lowest BCUT2D eigenvalue weighted by atomic mass is 9.97. The number of benzene rings is 1. The van der Waals surface area contributed by atoms with E-state index in [4.69, 9.17) is 9.47 Å². The van der Waals surface area contributed by atoms with Crippen molar-refractivity contribution in [1.82, 2.24) is 30.0 Å². The molecule has 1 amide bonds. The smallest absolute Gasteiger partial charge is 0.224 e. The Hall–Kier alpha value is -3.69. The molecule has 3 heterocycles. The van der Waals surface area contributed by atoms with Crippen LogP contribution in [0.1, 0.15) is 18.4 Å². The number of piperidine rings is 1. The van der Waals surface area contributed by atoms with E-state index < -0.39 is 0 Å². The second-order valence-electron chi connectivity index (χ2n) is 7.59. The molecule has 3 aromatic rings. The minimum absolute atomic E-state index is 0.0701. The number of hydrogen-bond donors (Lipinski definition) is 1. The van der Waals surface area contributed by atoms with E-state index in [0.717, 1.165) is 37.2 Å². The van der Waals surface area contributed by atoms with E-state index in [1.807, 2.05) is 24.3 Å². The molecule has 1 fully saturated rings. The summed E-state index contributed by atoms with van der Waals surface area (Å²) in [5.41, 5.74) is 1.08. The quantitative estimate of drug-likeness (QED) is 0.567. The number of anilines is 1. The summed E-state index contributed by atoms with van der Waals surface area (Å²) in [4.78, 5) is 27.5. The van der Waals surface area contributed by atoms with Gasteiger partial charge in [-0.2, -0.15) is 5.10 Å². The molecule has 0 spiro atoms. The normalized spacial score (nSPS) is 15.9. The zero-order chi connectivity index (χ0) is 22.3. The molecule has 10 nitrogen and oxygen atoms in total. The summed E-state index contributed by atoms with van der Waals surface area (Å²) in [6, 6.07) is 7.67. The number of methoxy groups -OCH3 is 2. The highest BCUT2D eigenvalue weighted by Crippen LogP contribution is 2.27. The van der Waals surface area contributed by atoms with Gasteiger partial charge in [0.2, 0.25) is 5.91 Å². The van der Waals surface area contributed by atoms with Crippen molar-refractivity contribution in [1.29, 1.82) is 0 Å². The zero-order valence-corrected chi connectivity index (χ0v) is 18.3. The van der Waals surface area contributed by atoms with Crippen molar-refractivity contribution in [3.05, 3.63) is 48.8 Å². The lowest BCUT2D eigenvalue weighted by Crippen LogP contribution is -2.43. The summed E-state index contributed by atoms with van der Waals surface area (Å²) in [6.07, 6.45) is 7.08. The topological polar surface area (TPSA) is 107 Å². The Balaban J connectivity index is 1.33. The third kappa shape index (κ3) is 4.96. The first kappa shape index (κ1) is 21.5. The van der Waals surface area contributed by atoms with E-state index in [9.17, 15) is 4.79 Å². The molecule has 1 aromatic carbocycles. The van der Waals surface area contributed by atoms with Gasteiger partial charge in [0.15, 0.2) is 17.3 Å². The predicted octanol–water partition coefficient (Wildman–Crippen LogP) is 1.65. The van der Waals surface area contributed by atoms with Crippen molar-refractivity contribution in [2.45, 2.75) is 19.3 Å². The van der Waals surface area contributed by atoms with Crippen LogP contribution in [-0.2, 0) is 11.2 Å². The number of nitrogens with zero attached hydrogens (tertiary/aromatic N) is 6. The Morgan fingerprint density at radius 2 is 1.97 bits per heavy atom. The highest BCUT2D eigenvalue weighted by molar-refractivity contribution is 5.79. The summed E-state index contributed by atoms with van der Waals surface area (Å²) in [5, 5.41) is 7.19. The van der Waals surface area contributed by atoms with Crippen LogP contribution in [0.3, 0.4) is 0 Å². The van der Waals surface area contributed by atoms with Crippen molar-refractivity contribution >= 4 is 11.7 Å². The number of amides is 1. The maximum absolute atomic E-state index is 12.8. The van der Waals surface area contributed by atoms with Crippen LogP contribution in [0.4, 0.5) is 5.82 Å². The number of aromatic nitrogens is 5. The fourth-order valence-electron chi connectivity index (χ4n) is 3.87. The van der Waals surface area contributed by atoms with E-state index >= 15 is 0 Å². The molecule has 0 radical (unpaired) electrons. The zero-order valence-electron chi connectivity index (χ0n) is 18.3. The monoisotopic (exact) mass is 437 g/mol. The minimum Gasteiger partial charge on any atom is -0.493 e. The molecular weight excluding hydrogens is 410 g/mol. The number of hydrogen-bond acceptors (Lipinski definition) is 8.